The standard InChI is InChI=1S/C15H29N3O3S/c1-3-16-9-11-17(12-10-16)15(19)13-18(22(2,20)21)14-7-5-4-6-8-14/h14H,3-13H2,1-2H3. The minimum absolute atomic E-state index is 0.00429. The summed E-state index contributed by atoms with van der Waals surface area (Å²) in [6.45, 7) is 6.29. The molecule has 0 N–H and O–H groups in total. The maximum atomic E-state index is 12.5. The predicted molar refractivity (Wildman–Crippen MR) is 87.1 cm³/mol. The van der Waals surface area contributed by atoms with Crippen molar-refractivity contribution in [2.75, 3.05) is 45.5 Å². The Balaban J connectivity index is 1.96. The number of likely N-dealkylation sites (N-methyl/N-ethyl adjacent to an activating group) is 1. The van der Waals surface area contributed by atoms with Crippen molar-refractivity contribution in [2.24, 2.45) is 0 Å². The van der Waals surface area contributed by atoms with E-state index >= 15 is 0 Å². The number of sulfonamides is 1. The Morgan fingerprint density at radius 1 is 1.09 bits per heavy atom. The summed E-state index contributed by atoms with van der Waals surface area (Å²) in [6.07, 6.45) is 6.26. The van der Waals surface area contributed by atoms with Gasteiger partial charge >= 0.3 is 0 Å². The largest absolute Gasteiger partial charge is 0.339 e. The van der Waals surface area contributed by atoms with Crippen LogP contribution in [-0.2, 0) is 14.8 Å². The number of hydrogen-bond donors (Lipinski definition) is 0. The van der Waals surface area contributed by atoms with Crippen LogP contribution in [0.3, 0.4) is 0 Å². The van der Waals surface area contributed by atoms with E-state index in [1.165, 1.54) is 17.0 Å². The number of hydrogen-bond acceptors (Lipinski definition) is 4. The first-order chi connectivity index (χ1) is 10.4. The predicted octanol–water partition coefficient (Wildman–Crippen LogP) is 0.745. The molecule has 2 fully saturated rings. The molecule has 1 aliphatic carbocycles. The Labute approximate surface area is 134 Å². The summed E-state index contributed by atoms with van der Waals surface area (Å²) in [6, 6.07) is 0.00429. The van der Waals surface area contributed by atoms with Gasteiger partial charge in [0.1, 0.15) is 0 Å². The lowest BCUT2D eigenvalue weighted by Gasteiger charge is -2.37. The van der Waals surface area contributed by atoms with E-state index in [-0.39, 0.29) is 18.5 Å². The van der Waals surface area contributed by atoms with E-state index in [1.54, 1.807) is 0 Å². The number of carbonyl (C=O) groups is 1. The zero-order valence-electron chi connectivity index (χ0n) is 13.8. The number of nitrogens with zero attached hydrogens (tertiary/aromatic N) is 3. The molecule has 0 spiro atoms. The minimum Gasteiger partial charge on any atom is -0.339 e. The van der Waals surface area contributed by atoms with E-state index in [9.17, 15) is 13.2 Å². The van der Waals surface area contributed by atoms with Crippen molar-refractivity contribution in [3.8, 4) is 0 Å². The Bertz CT molecular complexity index is 466. The molecule has 7 heteroatoms. The first kappa shape index (κ1) is 17.7. The molecule has 0 atom stereocenters. The highest BCUT2D eigenvalue weighted by atomic mass is 32.2. The van der Waals surface area contributed by atoms with Gasteiger partial charge in [0.25, 0.3) is 0 Å². The van der Waals surface area contributed by atoms with Crippen molar-refractivity contribution in [3.63, 3.8) is 0 Å². The van der Waals surface area contributed by atoms with Gasteiger partial charge in [-0.3, -0.25) is 4.79 Å². The summed E-state index contributed by atoms with van der Waals surface area (Å²) in [7, 11) is -3.34. The topological polar surface area (TPSA) is 60.9 Å². The minimum atomic E-state index is -3.34. The highest BCUT2D eigenvalue weighted by Gasteiger charge is 2.31. The first-order valence-corrected chi connectivity index (χ1v) is 10.2. The average molecular weight is 331 g/mol. The molecular weight excluding hydrogens is 302 g/mol. The fraction of sp³-hybridized carbons (Fsp3) is 0.933. The molecule has 1 heterocycles. The van der Waals surface area contributed by atoms with Gasteiger partial charge in [-0.1, -0.05) is 26.2 Å². The van der Waals surface area contributed by atoms with Crippen LogP contribution in [0.5, 0.6) is 0 Å². The van der Waals surface area contributed by atoms with Crippen molar-refractivity contribution in [2.45, 2.75) is 45.1 Å². The monoisotopic (exact) mass is 331 g/mol. The number of amides is 1. The first-order valence-electron chi connectivity index (χ1n) is 8.38. The van der Waals surface area contributed by atoms with Gasteiger partial charge in [-0.05, 0) is 19.4 Å². The molecule has 22 heavy (non-hydrogen) atoms. The van der Waals surface area contributed by atoms with Gasteiger partial charge in [-0.25, -0.2) is 8.42 Å². The third kappa shape index (κ3) is 4.67. The summed E-state index contributed by atoms with van der Waals surface area (Å²) < 4.78 is 25.6. The van der Waals surface area contributed by atoms with Gasteiger partial charge in [-0.2, -0.15) is 4.31 Å². The summed E-state index contributed by atoms with van der Waals surface area (Å²) >= 11 is 0. The molecule has 0 aromatic carbocycles. The maximum absolute atomic E-state index is 12.5. The van der Waals surface area contributed by atoms with Gasteiger partial charge in [-0.15, -0.1) is 0 Å². The van der Waals surface area contributed by atoms with Crippen LogP contribution in [0.25, 0.3) is 0 Å². The molecule has 0 aromatic heterocycles. The van der Waals surface area contributed by atoms with Crippen molar-refractivity contribution in [1.29, 1.82) is 0 Å². The molecule has 0 unspecified atom stereocenters. The summed E-state index contributed by atoms with van der Waals surface area (Å²) in [5.41, 5.74) is 0. The number of piperazine rings is 1. The number of rotatable bonds is 5. The van der Waals surface area contributed by atoms with Crippen LogP contribution in [0.1, 0.15) is 39.0 Å². The van der Waals surface area contributed by atoms with Crippen LogP contribution in [0.15, 0.2) is 0 Å². The molecule has 1 saturated heterocycles. The Kier molecular flexibility index (Phi) is 6.23. The van der Waals surface area contributed by atoms with Crippen molar-refractivity contribution >= 4 is 15.9 Å². The third-order valence-corrected chi connectivity index (χ3v) is 6.15. The lowest BCUT2D eigenvalue weighted by atomic mass is 9.95. The Hall–Kier alpha value is -0.660. The van der Waals surface area contributed by atoms with Gasteiger partial charge < -0.3 is 9.80 Å². The van der Waals surface area contributed by atoms with Crippen LogP contribution < -0.4 is 0 Å². The lowest BCUT2D eigenvalue weighted by molar-refractivity contribution is -0.133. The van der Waals surface area contributed by atoms with Crippen LogP contribution in [0, 0.1) is 0 Å². The Morgan fingerprint density at radius 3 is 2.18 bits per heavy atom. The molecule has 2 rings (SSSR count). The van der Waals surface area contributed by atoms with Crippen LogP contribution in [0.2, 0.25) is 0 Å². The summed E-state index contributed by atoms with van der Waals surface area (Å²) in [5, 5.41) is 0. The highest BCUT2D eigenvalue weighted by Crippen LogP contribution is 2.24. The van der Waals surface area contributed by atoms with E-state index < -0.39 is 10.0 Å². The molecule has 0 aromatic rings. The SMILES string of the molecule is CCN1CCN(C(=O)CN(C2CCCCC2)S(C)(=O)=O)CC1. The molecule has 1 saturated carbocycles. The Morgan fingerprint density at radius 2 is 1.68 bits per heavy atom. The van der Waals surface area contributed by atoms with Gasteiger partial charge in [0, 0.05) is 32.2 Å². The van der Waals surface area contributed by atoms with Crippen LogP contribution >= 0.6 is 0 Å². The fourth-order valence-corrected chi connectivity index (χ4v) is 4.53. The molecule has 1 amide bonds. The lowest BCUT2D eigenvalue weighted by Crippen LogP contribution is -2.53. The summed E-state index contributed by atoms with van der Waals surface area (Å²) in [5.74, 6) is -0.0493. The van der Waals surface area contributed by atoms with Crippen molar-refractivity contribution in [3.05, 3.63) is 0 Å². The molecule has 2 aliphatic rings. The van der Waals surface area contributed by atoms with Gasteiger partial charge in [0.2, 0.25) is 15.9 Å². The molecular formula is C15H29N3O3S. The van der Waals surface area contributed by atoms with Crippen molar-refractivity contribution in [1.82, 2.24) is 14.1 Å². The second-order valence-corrected chi connectivity index (χ2v) is 8.35. The average Bonchev–Trinajstić information content (AvgIpc) is 2.52. The maximum Gasteiger partial charge on any atom is 0.237 e. The fourth-order valence-electron chi connectivity index (χ4n) is 3.43. The zero-order chi connectivity index (χ0) is 16.2. The molecule has 0 radical (unpaired) electrons. The van der Waals surface area contributed by atoms with E-state index in [0.29, 0.717) is 13.1 Å². The van der Waals surface area contributed by atoms with Gasteiger partial charge in [0.05, 0.1) is 12.8 Å². The smallest absolute Gasteiger partial charge is 0.237 e. The molecule has 1 aliphatic heterocycles. The van der Waals surface area contributed by atoms with Crippen molar-refractivity contribution < 1.29 is 13.2 Å². The zero-order valence-corrected chi connectivity index (χ0v) is 14.6. The molecule has 128 valence electrons. The second-order valence-electron chi connectivity index (χ2n) is 6.42. The molecule has 6 nitrogen and oxygen atoms in total. The van der Waals surface area contributed by atoms with E-state index in [4.69, 9.17) is 0 Å². The second kappa shape index (κ2) is 7.75. The van der Waals surface area contributed by atoms with Crippen LogP contribution in [0.4, 0.5) is 0 Å². The van der Waals surface area contributed by atoms with Crippen LogP contribution in [-0.4, -0.2) is 80.0 Å². The quantitative estimate of drug-likeness (QED) is 0.746. The van der Waals surface area contributed by atoms with E-state index in [2.05, 4.69) is 11.8 Å². The highest BCUT2D eigenvalue weighted by molar-refractivity contribution is 7.88. The van der Waals surface area contributed by atoms with E-state index in [1.807, 2.05) is 4.90 Å². The third-order valence-electron chi connectivity index (χ3n) is 4.87. The molecule has 0 bridgehead atoms. The normalized spacial score (nSPS) is 22.2. The van der Waals surface area contributed by atoms with Gasteiger partial charge in [0.15, 0.2) is 0 Å². The summed E-state index contributed by atoms with van der Waals surface area (Å²) in [4.78, 5) is 16.6. The number of carbonyl (C=O) groups excluding carboxylic acids is 1. The van der Waals surface area contributed by atoms with E-state index in [0.717, 1.165) is 45.3 Å².